The molecule has 0 bridgehead atoms. The minimum atomic E-state index is -0.346. The van der Waals surface area contributed by atoms with Crippen molar-refractivity contribution in [3.8, 4) is 5.75 Å². The van der Waals surface area contributed by atoms with Gasteiger partial charge in [-0.1, -0.05) is 17.4 Å². The summed E-state index contributed by atoms with van der Waals surface area (Å²) in [5, 5.41) is 3.26. The van der Waals surface area contributed by atoms with Gasteiger partial charge in [-0.25, -0.2) is 9.37 Å². The molecule has 0 unspecified atom stereocenters. The summed E-state index contributed by atoms with van der Waals surface area (Å²) in [5.74, 6) is -0.213. The molecule has 0 aliphatic rings. The van der Waals surface area contributed by atoms with Crippen LogP contribution in [0.1, 0.15) is 0 Å². The lowest BCUT2D eigenvalue weighted by Crippen LogP contribution is -2.19. The van der Waals surface area contributed by atoms with Crippen molar-refractivity contribution in [1.29, 1.82) is 0 Å². The molecule has 23 heavy (non-hydrogen) atoms. The quantitative estimate of drug-likeness (QED) is 0.703. The van der Waals surface area contributed by atoms with Gasteiger partial charge in [0.2, 0.25) is 0 Å². The predicted molar refractivity (Wildman–Crippen MR) is 91.9 cm³/mol. The number of hydrogen-bond donors (Lipinski definition) is 1. The average molecular weight is 348 g/mol. The summed E-state index contributed by atoms with van der Waals surface area (Å²) in [4.78, 5) is 17.5. The van der Waals surface area contributed by atoms with Crippen molar-refractivity contribution in [2.75, 3.05) is 18.2 Å². The van der Waals surface area contributed by atoms with Gasteiger partial charge in [-0.2, -0.15) is 0 Å². The number of thiazole rings is 1. The van der Waals surface area contributed by atoms with Gasteiger partial charge in [0.05, 0.1) is 10.2 Å². The van der Waals surface area contributed by atoms with Crippen molar-refractivity contribution in [3.05, 3.63) is 48.3 Å². The molecule has 7 heteroatoms. The van der Waals surface area contributed by atoms with E-state index in [9.17, 15) is 9.18 Å². The minimum Gasteiger partial charge on any atom is -0.484 e. The van der Waals surface area contributed by atoms with Crippen LogP contribution in [0.4, 0.5) is 9.52 Å². The number of ether oxygens (including phenoxy) is 1. The molecule has 0 spiro atoms. The van der Waals surface area contributed by atoms with E-state index in [0.717, 1.165) is 15.1 Å². The highest BCUT2D eigenvalue weighted by Gasteiger charge is 2.10. The molecule has 0 saturated carbocycles. The minimum absolute atomic E-state index is 0.156. The van der Waals surface area contributed by atoms with Gasteiger partial charge in [-0.15, -0.1) is 11.8 Å². The van der Waals surface area contributed by atoms with E-state index in [1.54, 1.807) is 11.8 Å². The molecule has 3 rings (SSSR count). The summed E-state index contributed by atoms with van der Waals surface area (Å²) in [6, 6.07) is 11.5. The Hall–Kier alpha value is -2.12. The van der Waals surface area contributed by atoms with Gasteiger partial charge in [0.1, 0.15) is 11.6 Å². The van der Waals surface area contributed by atoms with Crippen LogP contribution in [0.2, 0.25) is 0 Å². The first-order chi connectivity index (χ1) is 11.2. The third-order valence-electron chi connectivity index (χ3n) is 3.03. The fraction of sp³-hybridized carbons (Fsp3) is 0.125. The number of rotatable bonds is 5. The van der Waals surface area contributed by atoms with Gasteiger partial charge in [-0.3, -0.25) is 10.1 Å². The highest BCUT2D eigenvalue weighted by molar-refractivity contribution is 7.98. The van der Waals surface area contributed by atoms with Crippen LogP contribution in [0.25, 0.3) is 10.2 Å². The van der Waals surface area contributed by atoms with E-state index in [4.69, 9.17) is 4.74 Å². The number of thioether (sulfide) groups is 1. The Labute approximate surface area is 140 Å². The number of nitrogens with zero attached hydrogens (tertiary/aromatic N) is 1. The third-order valence-corrected chi connectivity index (χ3v) is 4.74. The van der Waals surface area contributed by atoms with Crippen LogP contribution in [0.15, 0.2) is 47.4 Å². The normalized spacial score (nSPS) is 10.7. The summed E-state index contributed by atoms with van der Waals surface area (Å²) >= 11 is 3.03. The second kappa shape index (κ2) is 6.97. The zero-order valence-electron chi connectivity index (χ0n) is 12.2. The Morgan fingerprint density at radius 1 is 1.30 bits per heavy atom. The topological polar surface area (TPSA) is 51.2 Å². The fourth-order valence-corrected chi connectivity index (χ4v) is 3.51. The van der Waals surface area contributed by atoms with Crippen LogP contribution < -0.4 is 10.1 Å². The van der Waals surface area contributed by atoms with Crippen LogP contribution in [0.3, 0.4) is 0 Å². The lowest BCUT2D eigenvalue weighted by Gasteiger charge is -2.05. The standard InChI is InChI=1S/C16H13FN2O2S2/c1-22-12-3-2-4-13-15(12)19-16(23-13)18-14(20)9-21-11-7-5-10(17)6-8-11/h2-8H,9H2,1H3,(H,18,19,20). The van der Waals surface area contributed by atoms with Crippen molar-refractivity contribution in [2.24, 2.45) is 0 Å². The molecular formula is C16H13FN2O2S2. The molecule has 0 aliphatic carbocycles. The van der Waals surface area contributed by atoms with Crippen molar-refractivity contribution in [2.45, 2.75) is 4.90 Å². The van der Waals surface area contributed by atoms with Crippen molar-refractivity contribution >= 4 is 44.4 Å². The van der Waals surface area contributed by atoms with Crippen LogP contribution in [-0.4, -0.2) is 23.8 Å². The number of benzene rings is 2. The van der Waals surface area contributed by atoms with Gasteiger partial charge >= 0.3 is 0 Å². The summed E-state index contributed by atoms with van der Waals surface area (Å²) in [7, 11) is 0. The van der Waals surface area contributed by atoms with E-state index in [1.807, 2.05) is 24.5 Å². The van der Waals surface area contributed by atoms with E-state index in [0.29, 0.717) is 10.9 Å². The summed E-state index contributed by atoms with van der Waals surface area (Å²) in [5.41, 5.74) is 0.889. The maximum atomic E-state index is 12.8. The van der Waals surface area contributed by atoms with E-state index < -0.39 is 0 Å². The van der Waals surface area contributed by atoms with Crippen molar-refractivity contribution in [1.82, 2.24) is 4.98 Å². The molecule has 0 fully saturated rings. The highest BCUT2D eigenvalue weighted by atomic mass is 32.2. The lowest BCUT2D eigenvalue weighted by molar-refractivity contribution is -0.118. The zero-order valence-corrected chi connectivity index (χ0v) is 13.8. The number of halogens is 1. The van der Waals surface area contributed by atoms with Crippen LogP contribution in [-0.2, 0) is 4.79 Å². The first kappa shape index (κ1) is 15.8. The van der Waals surface area contributed by atoms with Crippen LogP contribution in [0.5, 0.6) is 5.75 Å². The number of carbonyl (C=O) groups excluding carboxylic acids is 1. The number of amides is 1. The number of hydrogen-bond acceptors (Lipinski definition) is 5. The SMILES string of the molecule is CSc1cccc2sc(NC(=O)COc3ccc(F)cc3)nc12. The molecule has 1 amide bonds. The van der Waals surface area contributed by atoms with E-state index in [1.165, 1.54) is 35.6 Å². The lowest BCUT2D eigenvalue weighted by atomic mass is 10.3. The molecule has 4 nitrogen and oxygen atoms in total. The van der Waals surface area contributed by atoms with E-state index in [2.05, 4.69) is 10.3 Å². The largest absolute Gasteiger partial charge is 0.484 e. The molecule has 0 atom stereocenters. The van der Waals surface area contributed by atoms with Gasteiger partial charge in [0.25, 0.3) is 5.91 Å². The van der Waals surface area contributed by atoms with Crippen LogP contribution >= 0.6 is 23.1 Å². The third kappa shape index (κ3) is 3.80. The first-order valence-electron chi connectivity index (χ1n) is 6.77. The predicted octanol–water partition coefficient (Wildman–Crippen LogP) is 4.17. The number of aromatic nitrogens is 1. The Balaban J connectivity index is 1.64. The molecule has 1 heterocycles. The second-order valence-corrected chi connectivity index (χ2v) is 6.50. The Morgan fingerprint density at radius 2 is 2.09 bits per heavy atom. The molecule has 0 aliphatic heterocycles. The Morgan fingerprint density at radius 3 is 2.83 bits per heavy atom. The number of nitrogens with one attached hydrogen (secondary N) is 1. The van der Waals surface area contributed by atoms with Gasteiger partial charge in [-0.05, 0) is 42.7 Å². The van der Waals surface area contributed by atoms with Gasteiger partial charge in [0, 0.05) is 4.90 Å². The maximum absolute atomic E-state index is 12.8. The average Bonchev–Trinajstić information content (AvgIpc) is 2.96. The number of anilines is 1. The number of para-hydroxylation sites is 1. The second-order valence-electron chi connectivity index (χ2n) is 4.62. The first-order valence-corrected chi connectivity index (χ1v) is 8.81. The monoisotopic (exact) mass is 348 g/mol. The van der Waals surface area contributed by atoms with Crippen LogP contribution in [0, 0.1) is 5.82 Å². The summed E-state index contributed by atoms with van der Waals surface area (Å²) < 4.78 is 19.1. The molecule has 2 aromatic carbocycles. The van der Waals surface area contributed by atoms with E-state index in [-0.39, 0.29) is 18.3 Å². The van der Waals surface area contributed by atoms with Crippen molar-refractivity contribution < 1.29 is 13.9 Å². The number of carbonyl (C=O) groups is 1. The molecule has 0 radical (unpaired) electrons. The fourth-order valence-electron chi connectivity index (χ4n) is 1.98. The summed E-state index contributed by atoms with van der Waals surface area (Å²) in [6.45, 7) is -0.156. The van der Waals surface area contributed by atoms with Gasteiger partial charge in [0.15, 0.2) is 11.7 Å². The smallest absolute Gasteiger partial charge is 0.264 e. The Kier molecular flexibility index (Phi) is 4.78. The number of fused-ring (bicyclic) bond motifs is 1. The molecular weight excluding hydrogens is 335 g/mol. The molecule has 1 aromatic heterocycles. The maximum Gasteiger partial charge on any atom is 0.264 e. The van der Waals surface area contributed by atoms with E-state index >= 15 is 0 Å². The summed E-state index contributed by atoms with van der Waals surface area (Å²) in [6.07, 6.45) is 1.99. The zero-order chi connectivity index (χ0) is 16.2. The molecule has 0 saturated heterocycles. The molecule has 118 valence electrons. The highest BCUT2D eigenvalue weighted by Crippen LogP contribution is 2.32. The van der Waals surface area contributed by atoms with Crippen molar-refractivity contribution in [3.63, 3.8) is 0 Å². The Bertz CT molecular complexity index is 834. The molecule has 1 N–H and O–H groups in total. The molecule has 3 aromatic rings. The van der Waals surface area contributed by atoms with Gasteiger partial charge < -0.3 is 4.74 Å².